The van der Waals surface area contributed by atoms with Crippen molar-refractivity contribution in [2.24, 2.45) is 0 Å². The molecule has 0 saturated heterocycles. The van der Waals surface area contributed by atoms with Crippen LogP contribution >= 0.6 is 23.2 Å². The topological polar surface area (TPSA) is 37.3 Å². The van der Waals surface area contributed by atoms with Gasteiger partial charge >= 0.3 is 5.97 Å². The van der Waals surface area contributed by atoms with Crippen LogP contribution in [0.1, 0.15) is 17.0 Å². The molecule has 0 aliphatic heterocycles. The zero-order valence-electron chi connectivity index (χ0n) is 10.0. The van der Waals surface area contributed by atoms with Crippen LogP contribution in [0.2, 0.25) is 10.0 Å². The molecule has 0 amide bonds. The third kappa shape index (κ3) is 3.72. The zero-order valence-corrected chi connectivity index (χ0v) is 11.5. The highest BCUT2D eigenvalue weighted by molar-refractivity contribution is 6.30. The van der Waals surface area contributed by atoms with Crippen LogP contribution in [-0.4, -0.2) is 11.1 Å². The van der Waals surface area contributed by atoms with Crippen molar-refractivity contribution in [2.45, 2.75) is 12.3 Å². The van der Waals surface area contributed by atoms with Gasteiger partial charge in [0, 0.05) is 10.0 Å². The molecule has 0 radical (unpaired) electrons. The Morgan fingerprint density at radius 3 is 2.26 bits per heavy atom. The Hall–Kier alpha value is -1.51. The third-order valence-corrected chi connectivity index (χ3v) is 3.35. The number of halogens is 2. The predicted octanol–water partition coefficient (Wildman–Crippen LogP) is 4.40. The first kappa shape index (κ1) is 13.9. The van der Waals surface area contributed by atoms with Crippen LogP contribution in [0.15, 0.2) is 48.5 Å². The van der Waals surface area contributed by atoms with E-state index in [9.17, 15) is 9.90 Å². The monoisotopic (exact) mass is 294 g/mol. The smallest absolute Gasteiger partial charge is 0.311 e. The molecule has 0 aliphatic rings. The predicted molar refractivity (Wildman–Crippen MR) is 77.0 cm³/mol. The van der Waals surface area contributed by atoms with Crippen LogP contribution in [0.5, 0.6) is 0 Å². The van der Waals surface area contributed by atoms with Gasteiger partial charge in [-0.3, -0.25) is 4.79 Å². The lowest BCUT2D eigenvalue weighted by atomic mass is 9.92. The van der Waals surface area contributed by atoms with E-state index in [2.05, 4.69) is 0 Å². The van der Waals surface area contributed by atoms with E-state index in [0.717, 1.165) is 5.56 Å². The summed E-state index contributed by atoms with van der Waals surface area (Å²) in [6.45, 7) is 0. The van der Waals surface area contributed by atoms with Gasteiger partial charge in [0.05, 0.1) is 5.92 Å². The van der Waals surface area contributed by atoms with Gasteiger partial charge in [0.15, 0.2) is 0 Å². The Bertz CT molecular complexity index is 596. The summed E-state index contributed by atoms with van der Waals surface area (Å²) < 4.78 is 0. The molecule has 0 spiro atoms. The van der Waals surface area contributed by atoms with Crippen molar-refractivity contribution in [3.05, 3.63) is 69.7 Å². The molecule has 2 aromatic rings. The molecule has 98 valence electrons. The quantitative estimate of drug-likeness (QED) is 0.907. The minimum atomic E-state index is -0.873. The third-order valence-electron chi connectivity index (χ3n) is 2.88. The fourth-order valence-corrected chi connectivity index (χ4v) is 2.38. The minimum absolute atomic E-state index is 0.385. The van der Waals surface area contributed by atoms with Crippen LogP contribution in [0.4, 0.5) is 0 Å². The number of hydrogen-bond acceptors (Lipinski definition) is 1. The van der Waals surface area contributed by atoms with Crippen molar-refractivity contribution in [3.8, 4) is 0 Å². The van der Waals surface area contributed by atoms with Gasteiger partial charge in [0.1, 0.15) is 0 Å². The standard InChI is InChI=1S/C15H12Cl2O2/c16-12-5-1-3-10(7-12)8-14(15(18)19)11-4-2-6-13(17)9-11/h1-7,9,14H,8H2,(H,18,19). The van der Waals surface area contributed by atoms with E-state index >= 15 is 0 Å². The van der Waals surface area contributed by atoms with E-state index in [1.54, 1.807) is 36.4 Å². The van der Waals surface area contributed by atoms with Crippen LogP contribution < -0.4 is 0 Å². The number of carboxylic acids is 1. The second-order valence-corrected chi connectivity index (χ2v) is 5.15. The van der Waals surface area contributed by atoms with E-state index in [0.29, 0.717) is 22.0 Å². The summed E-state index contributed by atoms with van der Waals surface area (Å²) in [5, 5.41) is 10.5. The maximum Gasteiger partial charge on any atom is 0.311 e. The Balaban J connectivity index is 2.29. The number of rotatable bonds is 4. The van der Waals surface area contributed by atoms with Gasteiger partial charge in [-0.15, -0.1) is 0 Å². The fourth-order valence-electron chi connectivity index (χ4n) is 1.97. The van der Waals surface area contributed by atoms with Crippen molar-refractivity contribution >= 4 is 29.2 Å². The highest BCUT2D eigenvalue weighted by Crippen LogP contribution is 2.25. The van der Waals surface area contributed by atoms with E-state index in [1.807, 2.05) is 12.1 Å². The highest BCUT2D eigenvalue weighted by Gasteiger charge is 2.20. The summed E-state index contributed by atoms with van der Waals surface area (Å²) in [7, 11) is 0. The highest BCUT2D eigenvalue weighted by atomic mass is 35.5. The Labute approximate surface area is 121 Å². The van der Waals surface area contributed by atoms with Crippen molar-refractivity contribution in [1.29, 1.82) is 0 Å². The number of hydrogen-bond donors (Lipinski definition) is 1. The van der Waals surface area contributed by atoms with Crippen molar-refractivity contribution in [2.75, 3.05) is 0 Å². The number of carboxylic acid groups (broad SMARTS) is 1. The van der Waals surface area contributed by atoms with Gasteiger partial charge < -0.3 is 5.11 Å². The molecule has 0 saturated carbocycles. The molecular weight excluding hydrogens is 283 g/mol. The number of carbonyl (C=O) groups is 1. The number of aliphatic carboxylic acids is 1. The van der Waals surface area contributed by atoms with Crippen LogP contribution in [0.3, 0.4) is 0 Å². The average molecular weight is 295 g/mol. The second kappa shape index (κ2) is 6.09. The molecule has 0 aliphatic carbocycles. The van der Waals surface area contributed by atoms with Crippen LogP contribution in [-0.2, 0) is 11.2 Å². The van der Waals surface area contributed by atoms with Gasteiger partial charge in [-0.05, 0) is 41.8 Å². The average Bonchev–Trinajstić information content (AvgIpc) is 2.35. The summed E-state index contributed by atoms with van der Waals surface area (Å²) in [5.41, 5.74) is 1.58. The molecule has 0 aromatic heterocycles. The van der Waals surface area contributed by atoms with E-state index in [-0.39, 0.29) is 0 Å². The van der Waals surface area contributed by atoms with Gasteiger partial charge in [-0.1, -0.05) is 47.5 Å². The van der Waals surface area contributed by atoms with Crippen LogP contribution in [0.25, 0.3) is 0 Å². The van der Waals surface area contributed by atoms with E-state index in [1.165, 1.54) is 0 Å². The Kier molecular flexibility index (Phi) is 4.46. The summed E-state index contributed by atoms with van der Waals surface area (Å²) >= 11 is 11.8. The Morgan fingerprint density at radius 1 is 1.05 bits per heavy atom. The van der Waals surface area contributed by atoms with Gasteiger partial charge in [-0.25, -0.2) is 0 Å². The molecule has 0 heterocycles. The molecule has 0 fully saturated rings. The fraction of sp³-hybridized carbons (Fsp3) is 0.133. The summed E-state index contributed by atoms with van der Waals surface area (Å²) in [4.78, 5) is 11.4. The molecule has 2 rings (SSSR count). The molecule has 2 aromatic carbocycles. The normalized spacial score (nSPS) is 12.1. The molecule has 19 heavy (non-hydrogen) atoms. The number of benzene rings is 2. The maximum absolute atomic E-state index is 11.4. The summed E-state index contributed by atoms with van der Waals surface area (Å²) in [5.74, 6) is -1.50. The first-order chi connectivity index (χ1) is 9.06. The summed E-state index contributed by atoms with van der Waals surface area (Å²) in [6, 6.07) is 14.2. The van der Waals surface area contributed by atoms with E-state index < -0.39 is 11.9 Å². The van der Waals surface area contributed by atoms with Crippen molar-refractivity contribution in [3.63, 3.8) is 0 Å². The lowest BCUT2D eigenvalue weighted by Gasteiger charge is -2.13. The minimum Gasteiger partial charge on any atom is -0.481 e. The Morgan fingerprint density at radius 2 is 1.68 bits per heavy atom. The van der Waals surface area contributed by atoms with Gasteiger partial charge in [0.25, 0.3) is 0 Å². The van der Waals surface area contributed by atoms with Gasteiger partial charge in [-0.2, -0.15) is 0 Å². The molecular formula is C15H12Cl2O2. The largest absolute Gasteiger partial charge is 0.481 e. The van der Waals surface area contributed by atoms with E-state index in [4.69, 9.17) is 23.2 Å². The maximum atomic E-state index is 11.4. The molecule has 4 heteroatoms. The molecule has 2 nitrogen and oxygen atoms in total. The molecule has 1 atom stereocenters. The van der Waals surface area contributed by atoms with Crippen molar-refractivity contribution < 1.29 is 9.90 Å². The first-order valence-electron chi connectivity index (χ1n) is 5.79. The lowest BCUT2D eigenvalue weighted by molar-refractivity contribution is -0.138. The SMILES string of the molecule is O=C(O)C(Cc1cccc(Cl)c1)c1cccc(Cl)c1. The van der Waals surface area contributed by atoms with Crippen LogP contribution in [0, 0.1) is 0 Å². The second-order valence-electron chi connectivity index (χ2n) is 4.28. The molecule has 1 N–H and O–H groups in total. The van der Waals surface area contributed by atoms with Gasteiger partial charge in [0.2, 0.25) is 0 Å². The van der Waals surface area contributed by atoms with Crippen molar-refractivity contribution in [1.82, 2.24) is 0 Å². The lowest BCUT2D eigenvalue weighted by Crippen LogP contribution is -2.14. The molecule has 1 unspecified atom stereocenters. The first-order valence-corrected chi connectivity index (χ1v) is 6.54. The zero-order chi connectivity index (χ0) is 13.8. The molecule has 0 bridgehead atoms. The summed E-state index contributed by atoms with van der Waals surface area (Å²) in [6.07, 6.45) is 0.385.